The van der Waals surface area contributed by atoms with E-state index in [4.69, 9.17) is 14.2 Å². The minimum atomic E-state index is -0.550. The van der Waals surface area contributed by atoms with Gasteiger partial charge in [-0.3, -0.25) is 19.2 Å². The van der Waals surface area contributed by atoms with Gasteiger partial charge in [-0.1, -0.05) is 32.0 Å². The Morgan fingerprint density at radius 2 is 1.79 bits per heavy atom. The first-order valence-corrected chi connectivity index (χ1v) is 16.2. The maximum absolute atomic E-state index is 13.7. The van der Waals surface area contributed by atoms with Gasteiger partial charge in [0.1, 0.15) is 11.3 Å². The van der Waals surface area contributed by atoms with E-state index in [1.165, 1.54) is 4.57 Å². The number of nitrogens with zero attached hydrogens (tertiary/aromatic N) is 3. The average Bonchev–Trinajstić information content (AvgIpc) is 3.82. The molecule has 1 N–H and O–H groups in total. The van der Waals surface area contributed by atoms with Gasteiger partial charge in [-0.05, 0) is 72.7 Å². The summed E-state index contributed by atoms with van der Waals surface area (Å²) in [6.07, 6.45) is 1.91. The number of carbonyl (C=O) groups is 3. The van der Waals surface area contributed by atoms with Crippen molar-refractivity contribution >= 4 is 17.7 Å². The number of fused-ring (bicyclic) bond motifs is 9. The number of aromatic nitrogens is 1. The number of pyridine rings is 1. The van der Waals surface area contributed by atoms with Crippen LogP contribution in [0.2, 0.25) is 0 Å². The number of aryl methyl sites for hydroxylation is 1. The lowest BCUT2D eigenvalue weighted by molar-refractivity contribution is -0.137. The molecule has 3 amide bonds. The number of amides is 3. The van der Waals surface area contributed by atoms with Crippen molar-refractivity contribution in [2.24, 2.45) is 7.05 Å². The maximum atomic E-state index is 13.7. The third-order valence-corrected chi connectivity index (χ3v) is 9.13. The van der Waals surface area contributed by atoms with Crippen LogP contribution in [-0.4, -0.2) is 77.0 Å². The first kappa shape index (κ1) is 32.3. The molecule has 47 heavy (non-hydrogen) atoms. The zero-order chi connectivity index (χ0) is 33.2. The van der Waals surface area contributed by atoms with E-state index in [0.717, 1.165) is 29.7 Å². The molecule has 4 bridgehead atoms. The van der Waals surface area contributed by atoms with Crippen LogP contribution in [0.5, 0.6) is 17.2 Å². The summed E-state index contributed by atoms with van der Waals surface area (Å²) >= 11 is 0. The highest BCUT2D eigenvalue weighted by Crippen LogP contribution is 2.34. The van der Waals surface area contributed by atoms with Crippen molar-refractivity contribution in [1.82, 2.24) is 19.7 Å². The highest BCUT2D eigenvalue weighted by molar-refractivity contribution is 5.94. The number of hydrogen-bond acceptors (Lipinski definition) is 7. The van der Waals surface area contributed by atoms with Crippen molar-refractivity contribution in [3.63, 3.8) is 0 Å². The van der Waals surface area contributed by atoms with Crippen molar-refractivity contribution in [2.45, 2.75) is 70.2 Å². The van der Waals surface area contributed by atoms with Crippen LogP contribution in [0, 0.1) is 0 Å². The summed E-state index contributed by atoms with van der Waals surface area (Å²) in [5.41, 5.74) is 2.31. The molecule has 1 saturated carbocycles. The molecule has 1 saturated heterocycles. The molecule has 11 nitrogen and oxygen atoms in total. The van der Waals surface area contributed by atoms with Gasteiger partial charge in [-0.15, -0.1) is 0 Å². The zero-order valence-corrected chi connectivity index (χ0v) is 27.4. The van der Waals surface area contributed by atoms with E-state index in [2.05, 4.69) is 5.32 Å². The molecule has 0 spiro atoms. The molecule has 4 heterocycles. The third kappa shape index (κ3) is 7.20. The molecule has 2 fully saturated rings. The second-order valence-corrected chi connectivity index (χ2v) is 12.9. The molecule has 0 unspecified atom stereocenters. The molecule has 0 radical (unpaired) electrons. The molecule has 1 aliphatic carbocycles. The molecule has 3 aromatic rings. The standard InChI is InChI=1S/C36H42N4O7/c1-22(2)29-13-12-27(35(43)38(29)3)36(44)39-18-28-32(19-39)46-21-24-6-5-7-26(16-24)47-30-14-8-23(17-31(30)45-4)9-15-34(42)40(25-10-11-25)20-33(41)37-28/h5-8,12-14,16-17,22,25,28,32H,9-11,15,18-21H2,1-4H3,(H,37,41)/t28-,32-/m0/s1. The molecule has 11 heteroatoms. The minimum absolute atomic E-state index is 0.0395. The largest absolute Gasteiger partial charge is 0.493 e. The number of benzene rings is 2. The molecule has 7 rings (SSSR count). The number of ether oxygens (including phenoxy) is 3. The summed E-state index contributed by atoms with van der Waals surface area (Å²) in [6.45, 7) is 4.46. The lowest BCUT2D eigenvalue weighted by Crippen LogP contribution is -2.49. The van der Waals surface area contributed by atoms with Crippen molar-refractivity contribution in [3.8, 4) is 17.2 Å². The summed E-state index contributed by atoms with van der Waals surface area (Å²) in [4.78, 5) is 57.0. The zero-order valence-electron chi connectivity index (χ0n) is 27.4. The van der Waals surface area contributed by atoms with Gasteiger partial charge in [-0.25, -0.2) is 0 Å². The van der Waals surface area contributed by atoms with Crippen LogP contribution < -0.4 is 20.3 Å². The molecule has 3 aliphatic heterocycles. The van der Waals surface area contributed by atoms with E-state index >= 15 is 0 Å². The Kier molecular flexibility index (Phi) is 9.35. The topological polar surface area (TPSA) is 119 Å². The SMILES string of the molecule is COc1cc2ccc1Oc1cccc(c1)CO[C@H]1CN(C(=O)c3ccc(C(C)C)n(C)c3=O)C[C@@H]1NC(=O)CN(C1CC1)C(=O)CC2. The van der Waals surface area contributed by atoms with E-state index in [9.17, 15) is 19.2 Å². The van der Waals surface area contributed by atoms with E-state index in [0.29, 0.717) is 23.7 Å². The number of nitrogens with one attached hydrogen (secondary N) is 1. The van der Waals surface area contributed by atoms with Crippen LogP contribution in [0.25, 0.3) is 0 Å². The molecule has 2 aromatic carbocycles. The molecule has 2 atom stereocenters. The predicted octanol–water partition coefficient (Wildman–Crippen LogP) is 3.77. The fraction of sp³-hybridized carbons (Fsp3) is 0.444. The number of carbonyl (C=O) groups excluding carboxylic acids is 3. The van der Waals surface area contributed by atoms with Crippen molar-refractivity contribution in [1.29, 1.82) is 0 Å². The summed E-state index contributed by atoms with van der Waals surface area (Å²) in [6, 6.07) is 16.0. The predicted molar refractivity (Wildman–Crippen MR) is 175 cm³/mol. The Hall–Kier alpha value is -4.64. The lowest BCUT2D eigenvalue weighted by Gasteiger charge is -2.25. The Morgan fingerprint density at radius 1 is 0.979 bits per heavy atom. The second-order valence-electron chi connectivity index (χ2n) is 12.9. The molecule has 248 valence electrons. The van der Waals surface area contributed by atoms with E-state index in [1.807, 2.05) is 62.4 Å². The highest BCUT2D eigenvalue weighted by Gasteiger charge is 2.39. The van der Waals surface area contributed by atoms with Gasteiger partial charge in [0, 0.05) is 38.3 Å². The fourth-order valence-electron chi connectivity index (χ4n) is 6.40. The Morgan fingerprint density at radius 3 is 2.53 bits per heavy atom. The molecular weight excluding hydrogens is 600 g/mol. The van der Waals surface area contributed by atoms with Crippen LogP contribution in [0.4, 0.5) is 0 Å². The number of hydrogen-bond donors (Lipinski definition) is 1. The van der Waals surface area contributed by atoms with Crippen molar-refractivity contribution in [3.05, 3.63) is 87.3 Å². The van der Waals surface area contributed by atoms with Crippen LogP contribution in [0.3, 0.4) is 0 Å². The lowest BCUT2D eigenvalue weighted by atomic mass is 10.1. The smallest absolute Gasteiger partial charge is 0.263 e. The van der Waals surface area contributed by atoms with Crippen molar-refractivity contribution < 1.29 is 28.6 Å². The highest BCUT2D eigenvalue weighted by atomic mass is 16.5. The van der Waals surface area contributed by atoms with Gasteiger partial charge < -0.3 is 33.9 Å². The van der Waals surface area contributed by atoms with Gasteiger partial charge in [0.25, 0.3) is 11.5 Å². The fourth-order valence-corrected chi connectivity index (χ4v) is 6.40. The summed E-state index contributed by atoms with van der Waals surface area (Å²) < 4.78 is 19.7. The van der Waals surface area contributed by atoms with Crippen LogP contribution in [0.15, 0.2) is 59.4 Å². The monoisotopic (exact) mass is 642 g/mol. The Balaban J connectivity index is 1.28. The third-order valence-electron chi connectivity index (χ3n) is 9.13. The van der Waals surface area contributed by atoms with E-state index in [1.54, 1.807) is 30.0 Å². The summed E-state index contributed by atoms with van der Waals surface area (Å²) in [5.74, 6) is 1.01. The van der Waals surface area contributed by atoms with E-state index < -0.39 is 18.1 Å². The quantitative estimate of drug-likeness (QED) is 0.460. The van der Waals surface area contributed by atoms with Crippen LogP contribution in [-0.2, 0) is 34.4 Å². The second kappa shape index (κ2) is 13.6. The van der Waals surface area contributed by atoms with Gasteiger partial charge in [0.15, 0.2) is 11.5 Å². The minimum Gasteiger partial charge on any atom is -0.493 e. The number of rotatable bonds is 4. The number of likely N-dealkylation sites (tertiary alicyclic amines) is 1. The Labute approximate surface area is 274 Å². The van der Waals surface area contributed by atoms with Crippen LogP contribution >= 0.6 is 0 Å². The molecular formula is C36H42N4O7. The van der Waals surface area contributed by atoms with Gasteiger partial charge >= 0.3 is 0 Å². The van der Waals surface area contributed by atoms with Gasteiger partial charge in [-0.2, -0.15) is 0 Å². The number of methoxy groups -OCH3 is 1. The summed E-state index contributed by atoms with van der Waals surface area (Å²) in [5, 5.41) is 3.05. The van der Waals surface area contributed by atoms with Crippen LogP contribution in [0.1, 0.15) is 66.2 Å². The Bertz CT molecular complexity index is 1730. The first-order valence-electron chi connectivity index (χ1n) is 16.2. The average molecular weight is 643 g/mol. The normalized spacial score (nSPS) is 20.6. The molecule has 1 aromatic heterocycles. The van der Waals surface area contributed by atoms with Gasteiger partial charge in [0.2, 0.25) is 11.8 Å². The molecule has 4 aliphatic rings. The maximum Gasteiger partial charge on any atom is 0.263 e. The van der Waals surface area contributed by atoms with Gasteiger partial charge in [0.05, 0.1) is 32.4 Å². The first-order chi connectivity index (χ1) is 22.6. The van der Waals surface area contributed by atoms with Crippen molar-refractivity contribution in [2.75, 3.05) is 26.7 Å². The van der Waals surface area contributed by atoms with E-state index in [-0.39, 0.29) is 67.6 Å². The summed E-state index contributed by atoms with van der Waals surface area (Å²) in [7, 11) is 3.25.